The van der Waals surface area contributed by atoms with Gasteiger partial charge in [0.15, 0.2) is 11.6 Å². The molecule has 0 bridgehead atoms. The fourth-order valence-electron chi connectivity index (χ4n) is 3.86. The number of unbranched alkanes of at least 4 members (excludes halogenated alkanes) is 11. The fourth-order valence-corrected chi connectivity index (χ4v) is 3.86. The SMILES string of the molecule is CCCCCCCCCCCCCCc1cnn(-c2cccc(-n3cccn3)n2)c1. The Bertz CT molecular complexity index is 822. The average molecular weight is 408 g/mol. The topological polar surface area (TPSA) is 48.5 Å². The van der Waals surface area contributed by atoms with Crippen LogP contribution in [-0.4, -0.2) is 24.5 Å². The van der Waals surface area contributed by atoms with Crippen LogP contribution >= 0.6 is 0 Å². The van der Waals surface area contributed by atoms with Crippen LogP contribution in [0.2, 0.25) is 0 Å². The molecule has 3 aromatic rings. The monoisotopic (exact) mass is 407 g/mol. The van der Waals surface area contributed by atoms with Crippen LogP contribution in [0.1, 0.15) is 89.5 Å². The van der Waals surface area contributed by atoms with Crippen molar-refractivity contribution >= 4 is 0 Å². The summed E-state index contributed by atoms with van der Waals surface area (Å²) in [5, 5.41) is 8.76. The molecule has 0 aromatic carbocycles. The minimum Gasteiger partial charge on any atom is -0.223 e. The van der Waals surface area contributed by atoms with Gasteiger partial charge in [-0.25, -0.2) is 14.3 Å². The van der Waals surface area contributed by atoms with E-state index in [9.17, 15) is 0 Å². The van der Waals surface area contributed by atoms with E-state index in [1.165, 1.54) is 82.6 Å². The number of rotatable bonds is 15. The zero-order chi connectivity index (χ0) is 20.9. The Labute approximate surface area is 181 Å². The highest BCUT2D eigenvalue weighted by Gasteiger charge is 2.05. The molecule has 0 fully saturated rings. The van der Waals surface area contributed by atoms with Gasteiger partial charge in [0.1, 0.15) is 0 Å². The molecule has 162 valence electrons. The van der Waals surface area contributed by atoms with Crippen molar-refractivity contribution in [2.45, 2.75) is 90.4 Å². The van der Waals surface area contributed by atoms with Crippen LogP contribution in [0, 0.1) is 0 Å². The first-order valence-corrected chi connectivity index (χ1v) is 11.9. The molecule has 0 amide bonds. The van der Waals surface area contributed by atoms with Gasteiger partial charge < -0.3 is 0 Å². The second-order valence-electron chi connectivity index (χ2n) is 8.24. The van der Waals surface area contributed by atoms with Crippen molar-refractivity contribution in [1.29, 1.82) is 0 Å². The van der Waals surface area contributed by atoms with Crippen LogP contribution in [0.5, 0.6) is 0 Å². The predicted molar refractivity (Wildman–Crippen MR) is 123 cm³/mol. The normalized spacial score (nSPS) is 11.2. The summed E-state index contributed by atoms with van der Waals surface area (Å²) in [5.74, 6) is 1.62. The molecule has 0 saturated heterocycles. The predicted octanol–water partition coefficient (Wildman–Crippen LogP) is 6.70. The summed E-state index contributed by atoms with van der Waals surface area (Å²) >= 11 is 0. The van der Waals surface area contributed by atoms with Gasteiger partial charge in [-0.1, -0.05) is 83.6 Å². The van der Waals surface area contributed by atoms with Gasteiger partial charge in [0, 0.05) is 18.6 Å². The first kappa shape index (κ1) is 22.3. The molecule has 5 nitrogen and oxygen atoms in total. The van der Waals surface area contributed by atoms with E-state index in [1.54, 1.807) is 10.9 Å². The average Bonchev–Trinajstić information content (AvgIpc) is 3.47. The Hall–Kier alpha value is -2.43. The van der Waals surface area contributed by atoms with Gasteiger partial charge in [-0.15, -0.1) is 0 Å². The van der Waals surface area contributed by atoms with E-state index in [0.717, 1.165) is 18.1 Å². The van der Waals surface area contributed by atoms with Crippen molar-refractivity contribution < 1.29 is 0 Å². The maximum absolute atomic E-state index is 4.67. The Morgan fingerprint density at radius 3 is 1.97 bits per heavy atom. The molecule has 0 aliphatic heterocycles. The minimum absolute atomic E-state index is 0.801. The van der Waals surface area contributed by atoms with E-state index in [4.69, 9.17) is 0 Å². The number of aryl methyl sites for hydroxylation is 1. The smallest absolute Gasteiger partial charge is 0.155 e. The molecule has 3 heterocycles. The van der Waals surface area contributed by atoms with Gasteiger partial charge >= 0.3 is 0 Å². The van der Waals surface area contributed by atoms with Gasteiger partial charge in [0.2, 0.25) is 0 Å². The highest BCUT2D eigenvalue weighted by molar-refractivity contribution is 5.31. The number of hydrogen-bond acceptors (Lipinski definition) is 3. The first-order valence-electron chi connectivity index (χ1n) is 11.9. The molecule has 0 unspecified atom stereocenters. The second-order valence-corrected chi connectivity index (χ2v) is 8.24. The third-order valence-electron chi connectivity index (χ3n) is 5.65. The Morgan fingerprint density at radius 2 is 1.33 bits per heavy atom. The number of aromatic nitrogens is 5. The molecule has 3 aromatic heterocycles. The lowest BCUT2D eigenvalue weighted by Gasteiger charge is -2.04. The zero-order valence-electron chi connectivity index (χ0n) is 18.5. The lowest BCUT2D eigenvalue weighted by atomic mass is 10.0. The van der Waals surface area contributed by atoms with Gasteiger partial charge in [0.05, 0.1) is 6.20 Å². The first-order chi connectivity index (χ1) is 14.9. The standard InChI is InChI=1S/C25H37N5/c1-2-3-4-5-6-7-8-9-10-11-12-13-16-23-21-27-30(22-23)25-18-14-17-24(28-25)29-20-15-19-26-29/h14-15,17-22H,2-13,16H2,1H3. The molecule has 0 aliphatic carbocycles. The largest absolute Gasteiger partial charge is 0.223 e. The number of nitrogens with zero attached hydrogens (tertiary/aromatic N) is 5. The molecule has 0 saturated carbocycles. The lowest BCUT2D eigenvalue weighted by Crippen LogP contribution is -2.03. The molecule has 3 rings (SSSR count). The van der Waals surface area contributed by atoms with Gasteiger partial charge in [-0.05, 0) is 36.6 Å². The van der Waals surface area contributed by atoms with Crippen molar-refractivity contribution in [3.8, 4) is 11.6 Å². The fraction of sp³-hybridized carbons (Fsp3) is 0.560. The molecule has 5 heteroatoms. The van der Waals surface area contributed by atoms with E-state index >= 15 is 0 Å². The number of hydrogen-bond donors (Lipinski definition) is 0. The Kier molecular flexibility index (Phi) is 9.64. The molecule has 0 spiro atoms. The molecule has 30 heavy (non-hydrogen) atoms. The van der Waals surface area contributed by atoms with Gasteiger partial charge in [-0.3, -0.25) is 0 Å². The second kappa shape index (κ2) is 13.0. The molecule has 0 radical (unpaired) electrons. The van der Waals surface area contributed by atoms with Crippen LogP contribution in [0.3, 0.4) is 0 Å². The van der Waals surface area contributed by atoms with Crippen molar-refractivity contribution in [2.24, 2.45) is 0 Å². The summed E-state index contributed by atoms with van der Waals surface area (Å²) < 4.78 is 3.63. The van der Waals surface area contributed by atoms with E-state index in [1.807, 2.05) is 41.3 Å². The maximum atomic E-state index is 4.67. The van der Waals surface area contributed by atoms with Crippen LogP contribution in [0.25, 0.3) is 11.6 Å². The third-order valence-corrected chi connectivity index (χ3v) is 5.65. The van der Waals surface area contributed by atoms with Crippen molar-refractivity contribution in [3.63, 3.8) is 0 Å². The highest BCUT2D eigenvalue weighted by atomic mass is 15.3. The molecule has 0 aliphatic rings. The zero-order valence-corrected chi connectivity index (χ0v) is 18.5. The maximum Gasteiger partial charge on any atom is 0.155 e. The quantitative estimate of drug-likeness (QED) is 0.263. The Morgan fingerprint density at radius 1 is 0.700 bits per heavy atom. The minimum atomic E-state index is 0.801. The van der Waals surface area contributed by atoms with Crippen molar-refractivity contribution in [1.82, 2.24) is 24.5 Å². The van der Waals surface area contributed by atoms with Gasteiger partial charge in [-0.2, -0.15) is 10.2 Å². The summed E-state index contributed by atoms with van der Waals surface area (Å²) in [5.41, 5.74) is 1.29. The van der Waals surface area contributed by atoms with Crippen LogP contribution in [0.15, 0.2) is 49.1 Å². The third kappa shape index (κ3) is 7.43. The number of pyridine rings is 1. The molecule has 0 atom stereocenters. The summed E-state index contributed by atoms with van der Waals surface area (Å²) in [6.07, 6.45) is 25.4. The summed E-state index contributed by atoms with van der Waals surface area (Å²) in [6, 6.07) is 7.82. The van der Waals surface area contributed by atoms with E-state index in [2.05, 4.69) is 28.3 Å². The van der Waals surface area contributed by atoms with Crippen LogP contribution in [0.4, 0.5) is 0 Å². The summed E-state index contributed by atoms with van der Waals surface area (Å²) in [7, 11) is 0. The van der Waals surface area contributed by atoms with Crippen molar-refractivity contribution in [3.05, 3.63) is 54.6 Å². The van der Waals surface area contributed by atoms with E-state index in [-0.39, 0.29) is 0 Å². The lowest BCUT2D eigenvalue weighted by molar-refractivity contribution is 0.544. The Balaban J connectivity index is 1.30. The van der Waals surface area contributed by atoms with Crippen LogP contribution < -0.4 is 0 Å². The van der Waals surface area contributed by atoms with E-state index in [0.29, 0.717) is 0 Å². The van der Waals surface area contributed by atoms with Crippen LogP contribution in [-0.2, 0) is 6.42 Å². The molecular weight excluding hydrogens is 370 g/mol. The highest BCUT2D eigenvalue weighted by Crippen LogP contribution is 2.14. The molecule has 0 N–H and O–H groups in total. The van der Waals surface area contributed by atoms with Gasteiger partial charge in [0.25, 0.3) is 0 Å². The van der Waals surface area contributed by atoms with E-state index < -0.39 is 0 Å². The van der Waals surface area contributed by atoms with Crippen molar-refractivity contribution in [2.75, 3.05) is 0 Å². The summed E-state index contributed by atoms with van der Waals surface area (Å²) in [6.45, 7) is 2.28. The summed E-state index contributed by atoms with van der Waals surface area (Å²) in [4.78, 5) is 4.67. The molecular formula is C25H37N5.